The Bertz CT molecular complexity index is 936. The quantitative estimate of drug-likeness (QED) is 0.578. The molecule has 6 nitrogen and oxygen atoms in total. The average molecular weight is 393 g/mol. The number of para-hydroxylation sites is 1. The lowest BCUT2D eigenvalue weighted by Crippen LogP contribution is -2.37. The number of carbonyl (C=O) groups excluding carboxylic acids is 2. The Hall–Kier alpha value is -3.54. The smallest absolute Gasteiger partial charge is 0.375 e. The van der Waals surface area contributed by atoms with E-state index in [1.807, 2.05) is 67.6 Å². The van der Waals surface area contributed by atoms with E-state index in [0.29, 0.717) is 11.5 Å². The van der Waals surface area contributed by atoms with Crippen LogP contribution in [0.1, 0.15) is 41.8 Å². The third kappa shape index (κ3) is 5.72. The van der Waals surface area contributed by atoms with Gasteiger partial charge in [-0.05, 0) is 43.7 Å². The number of carbonyl (C=O) groups is 2. The number of amides is 1. The van der Waals surface area contributed by atoms with Crippen LogP contribution in [0.25, 0.3) is 0 Å². The normalized spacial score (nSPS) is 12.6. The van der Waals surface area contributed by atoms with E-state index < -0.39 is 12.1 Å². The molecule has 1 aromatic heterocycles. The summed E-state index contributed by atoms with van der Waals surface area (Å²) in [6, 6.07) is 21.8. The molecular weight excluding hydrogens is 370 g/mol. The number of nitrogens with one attached hydrogen (secondary N) is 1. The number of furan rings is 1. The summed E-state index contributed by atoms with van der Waals surface area (Å²) >= 11 is 0. The first-order valence-corrected chi connectivity index (χ1v) is 9.36. The van der Waals surface area contributed by atoms with E-state index in [-0.39, 0.29) is 24.3 Å². The third-order valence-corrected chi connectivity index (χ3v) is 4.30. The van der Waals surface area contributed by atoms with Crippen LogP contribution < -0.4 is 10.1 Å². The Morgan fingerprint density at radius 1 is 0.931 bits per heavy atom. The van der Waals surface area contributed by atoms with Crippen LogP contribution in [-0.2, 0) is 16.1 Å². The van der Waals surface area contributed by atoms with E-state index in [0.717, 1.165) is 5.56 Å². The van der Waals surface area contributed by atoms with Crippen LogP contribution in [0.4, 0.5) is 0 Å². The summed E-state index contributed by atoms with van der Waals surface area (Å²) in [4.78, 5) is 24.6. The zero-order valence-electron chi connectivity index (χ0n) is 16.3. The van der Waals surface area contributed by atoms with E-state index in [2.05, 4.69) is 5.32 Å². The van der Waals surface area contributed by atoms with Gasteiger partial charge in [0, 0.05) is 0 Å². The Balaban J connectivity index is 1.50. The van der Waals surface area contributed by atoms with Crippen molar-refractivity contribution in [3.8, 4) is 5.75 Å². The topological polar surface area (TPSA) is 77.8 Å². The molecule has 0 spiro atoms. The molecule has 0 radical (unpaired) electrons. The molecule has 3 rings (SSSR count). The molecule has 2 unspecified atom stereocenters. The summed E-state index contributed by atoms with van der Waals surface area (Å²) in [7, 11) is 0. The van der Waals surface area contributed by atoms with Crippen molar-refractivity contribution in [1.29, 1.82) is 0 Å². The highest BCUT2D eigenvalue weighted by Gasteiger charge is 2.22. The maximum atomic E-state index is 12.3. The van der Waals surface area contributed by atoms with Crippen LogP contribution in [-0.4, -0.2) is 18.0 Å². The van der Waals surface area contributed by atoms with Gasteiger partial charge in [0.2, 0.25) is 5.76 Å². The molecule has 0 aliphatic rings. The summed E-state index contributed by atoms with van der Waals surface area (Å²) in [6.07, 6.45) is -0.956. The minimum absolute atomic E-state index is 0.0208. The summed E-state index contributed by atoms with van der Waals surface area (Å²) < 4.78 is 16.3. The molecule has 6 heteroatoms. The maximum Gasteiger partial charge on any atom is 0.375 e. The minimum atomic E-state index is -0.956. The summed E-state index contributed by atoms with van der Waals surface area (Å²) in [6.45, 7) is 3.57. The van der Waals surface area contributed by atoms with Gasteiger partial charge < -0.3 is 19.2 Å². The lowest BCUT2D eigenvalue weighted by atomic mass is 10.1. The summed E-state index contributed by atoms with van der Waals surface area (Å²) in [5.74, 6) is 0.119. The van der Waals surface area contributed by atoms with Crippen molar-refractivity contribution in [2.45, 2.75) is 32.6 Å². The second-order valence-electron chi connectivity index (χ2n) is 6.56. The lowest BCUT2D eigenvalue weighted by Gasteiger charge is -2.18. The van der Waals surface area contributed by atoms with Crippen LogP contribution in [0, 0.1) is 0 Å². The molecule has 3 aromatic rings. The molecule has 150 valence electrons. The first kappa shape index (κ1) is 20.2. The number of esters is 1. The number of hydrogen-bond acceptors (Lipinski definition) is 5. The first-order valence-electron chi connectivity index (χ1n) is 9.36. The Morgan fingerprint density at radius 3 is 2.28 bits per heavy atom. The van der Waals surface area contributed by atoms with Gasteiger partial charge in [0.05, 0.1) is 6.04 Å². The van der Waals surface area contributed by atoms with Gasteiger partial charge in [-0.1, -0.05) is 48.5 Å². The number of ether oxygens (including phenoxy) is 2. The van der Waals surface area contributed by atoms with E-state index in [1.54, 1.807) is 6.07 Å². The van der Waals surface area contributed by atoms with Crippen LogP contribution >= 0.6 is 0 Å². The van der Waals surface area contributed by atoms with Gasteiger partial charge in [-0.2, -0.15) is 0 Å². The van der Waals surface area contributed by atoms with E-state index >= 15 is 0 Å². The van der Waals surface area contributed by atoms with E-state index in [4.69, 9.17) is 13.9 Å². The predicted molar refractivity (Wildman–Crippen MR) is 107 cm³/mol. The van der Waals surface area contributed by atoms with Crippen molar-refractivity contribution in [1.82, 2.24) is 5.32 Å². The molecule has 0 aliphatic carbocycles. The fraction of sp³-hybridized carbons (Fsp3) is 0.217. The van der Waals surface area contributed by atoms with Crippen molar-refractivity contribution >= 4 is 11.9 Å². The molecule has 1 amide bonds. The highest BCUT2D eigenvalue weighted by Crippen LogP contribution is 2.16. The molecule has 0 aliphatic heterocycles. The van der Waals surface area contributed by atoms with Gasteiger partial charge in [0.1, 0.15) is 18.1 Å². The molecule has 0 saturated carbocycles. The predicted octanol–water partition coefficient (Wildman–Crippen LogP) is 4.28. The second-order valence-corrected chi connectivity index (χ2v) is 6.56. The van der Waals surface area contributed by atoms with Crippen molar-refractivity contribution in [3.05, 3.63) is 89.9 Å². The van der Waals surface area contributed by atoms with Gasteiger partial charge in [-0.3, -0.25) is 4.79 Å². The number of rotatable bonds is 8. The number of hydrogen-bond donors (Lipinski definition) is 1. The zero-order valence-corrected chi connectivity index (χ0v) is 16.3. The van der Waals surface area contributed by atoms with Gasteiger partial charge in [-0.25, -0.2) is 4.79 Å². The van der Waals surface area contributed by atoms with Crippen LogP contribution in [0.5, 0.6) is 5.75 Å². The van der Waals surface area contributed by atoms with Gasteiger partial charge in [-0.15, -0.1) is 0 Å². The van der Waals surface area contributed by atoms with Crippen LogP contribution in [0.2, 0.25) is 0 Å². The van der Waals surface area contributed by atoms with Gasteiger partial charge >= 0.3 is 5.97 Å². The van der Waals surface area contributed by atoms with Gasteiger partial charge in [0.25, 0.3) is 5.91 Å². The first-order chi connectivity index (χ1) is 14.0. The average Bonchev–Trinajstić information content (AvgIpc) is 3.23. The Kier molecular flexibility index (Phi) is 6.68. The largest absolute Gasteiger partial charge is 0.486 e. The van der Waals surface area contributed by atoms with E-state index in [1.165, 1.54) is 13.0 Å². The summed E-state index contributed by atoms with van der Waals surface area (Å²) in [5.41, 5.74) is 0.966. The Labute approximate surface area is 169 Å². The fourth-order valence-corrected chi connectivity index (χ4v) is 2.66. The fourth-order valence-electron chi connectivity index (χ4n) is 2.66. The molecule has 2 aromatic carbocycles. The summed E-state index contributed by atoms with van der Waals surface area (Å²) in [5, 5.41) is 2.83. The molecule has 0 saturated heterocycles. The molecule has 1 N–H and O–H groups in total. The molecular formula is C23H23NO5. The number of benzene rings is 2. The SMILES string of the molecule is CC(OC(=O)c1ccc(COc2ccccc2)o1)C(=O)NC(C)c1ccccc1. The Morgan fingerprint density at radius 2 is 1.59 bits per heavy atom. The lowest BCUT2D eigenvalue weighted by molar-refractivity contribution is -0.129. The molecule has 29 heavy (non-hydrogen) atoms. The highest BCUT2D eigenvalue weighted by atomic mass is 16.6. The highest BCUT2D eigenvalue weighted by molar-refractivity contribution is 5.90. The standard InChI is InChI=1S/C23H23NO5/c1-16(18-9-5-3-6-10-18)24-22(25)17(2)28-23(26)21-14-13-20(29-21)15-27-19-11-7-4-8-12-19/h3-14,16-17H,15H2,1-2H3,(H,24,25). The second kappa shape index (κ2) is 9.59. The van der Waals surface area contributed by atoms with Crippen molar-refractivity contribution in [2.75, 3.05) is 0 Å². The molecule has 1 heterocycles. The molecule has 2 atom stereocenters. The van der Waals surface area contributed by atoms with Crippen LogP contribution in [0.3, 0.4) is 0 Å². The van der Waals surface area contributed by atoms with Crippen LogP contribution in [0.15, 0.2) is 77.2 Å². The maximum absolute atomic E-state index is 12.3. The minimum Gasteiger partial charge on any atom is -0.486 e. The monoisotopic (exact) mass is 393 g/mol. The van der Waals surface area contributed by atoms with Crippen molar-refractivity contribution in [2.24, 2.45) is 0 Å². The molecule has 0 fully saturated rings. The van der Waals surface area contributed by atoms with Crippen molar-refractivity contribution in [3.63, 3.8) is 0 Å². The molecule has 0 bridgehead atoms. The third-order valence-electron chi connectivity index (χ3n) is 4.30. The van der Waals surface area contributed by atoms with E-state index in [9.17, 15) is 9.59 Å². The van der Waals surface area contributed by atoms with Crippen molar-refractivity contribution < 1.29 is 23.5 Å². The van der Waals surface area contributed by atoms with Gasteiger partial charge in [0.15, 0.2) is 6.10 Å². The zero-order chi connectivity index (χ0) is 20.6.